The van der Waals surface area contributed by atoms with E-state index in [2.05, 4.69) is 39.0 Å². The molecule has 10 heavy (non-hydrogen) atoms. The van der Waals surface area contributed by atoms with Gasteiger partial charge in [-0.05, 0) is 0 Å². The van der Waals surface area contributed by atoms with Crippen LogP contribution in [0, 0.1) is 0 Å². The van der Waals surface area contributed by atoms with E-state index in [1.807, 2.05) is 0 Å². The summed E-state index contributed by atoms with van der Waals surface area (Å²) in [5.74, 6) is 0. The van der Waals surface area contributed by atoms with Gasteiger partial charge in [-0.25, -0.2) is 0 Å². The summed E-state index contributed by atoms with van der Waals surface area (Å²) < 4.78 is 2.43. The van der Waals surface area contributed by atoms with Crippen molar-refractivity contribution in [1.82, 2.24) is 4.67 Å². The third kappa shape index (κ3) is 3.53. The van der Waals surface area contributed by atoms with Crippen LogP contribution < -0.4 is 0 Å². The third-order valence-corrected chi connectivity index (χ3v) is 6.35. The number of nitrogens with zero attached hydrogens (tertiary/aromatic N) is 1. The van der Waals surface area contributed by atoms with Crippen molar-refractivity contribution in [1.29, 1.82) is 0 Å². The van der Waals surface area contributed by atoms with Crippen LogP contribution in [0.5, 0.6) is 0 Å². The summed E-state index contributed by atoms with van der Waals surface area (Å²) in [7, 11) is 3.45. The quantitative estimate of drug-likeness (QED) is 0.575. The molecule has 0 aliphatic carbocycles. The maximum absolute atomic E-state index is 2.43. The molecule has 0 spiro atoms. The Morgan fingerprint density at radius 1 is 1.20 bits per heavy atom. The van der Waals surface area contributed by atoms with Gasteiger partial charge < -0.3 is 0 Å². The molecule has 0 N–H and O–H groups in total. The first kappa shape index (κ1) is 10.4. The molecule has 1 nitrogen and oxygen atoms in total. The van der Waals surface area contributed by atoms with Gasteiger partial charge in [0.15, 0.2) is 0 Å². The predicted molar refractivity (Wildman–Crippen MR) is 53.6 cm³/mol. The van der Waals surface area contributed by atoms with Crippen molar-refractivity contribution in [3.63, 3.8) is 0 Å². The molecular weight excluding hydrogens is 141 g/mol. The van der Waals surface area contributed by atoms with Crippen molar-refractivity contribution in [3.8, 4) is 0 Å². The molecular formula is C8H22NP. The van der Waals surface area contributed by atoms with E-state index in [0.717, 1.165) is 0 Å². The molecule has 0 fully saturated rings. The van der Waals surface area contributed by atoms with E-state index in [0.29, 0.717) is 0 Å². The first-order valence-corrected chi connectivity index (χ1v) is 7.33. The van der Waals surface area contributed by atoms with Gasteiger partial charge in [0.2, 0.25) is 0 Å². The van der Waals surface area contributed by atoms with E-state index >= 15 is 0 Å². The van der Waals surface area contributed by atoms with Gasteiger partial charge in [-0.15, -0.1) is 0 Å². The molecule has 0 unspecified atom stereocenters. The van der Waals surface area contributed by atoms with Crippen LogP contribution in [0.25, 0.3) is 0 Å². The normalized spacial score (nSPS) is 14.2. The zero-order valence-electron chi connectivity index (χ0n) is 8.07. The Bertz CT molecular complexity index is 89.3. The molecule has 0 bridgehead atoms. The SMILES string of the molecule is CCCC[PH](C)(C)N(C)C. The van der Waals surface area contributed by atoms with Gasteiger partial charge in [0.25, 0.3) is 0 Å². The van der Waals surface area contributed by atoms with Crippen molar-refractivity contribution in [2.45, 2.75) is 19.8 Å². The number of rotatable bonds is 4. The average molecular weight is 163 g/mol. The fourth-order valence-electron chi connectivity index (χ4n) is 0.833. The summed E-state index contributed by atoms with van der Waals surface area (Å²) in [6.07, 6.45) is 4.18. The number of hydrogen-bond acceptors (Lipinski definition) is 1. The van der Waals surface area contributed by atoms with Crippen LogP contribution in [0.1, 0.15) is 19.8 Å². The van der Waals surface area contributed by atoms with E-state index in [4.69, 9.17) is 0 Å². The summed E-state index contributed by atoms with van der Waals surface area (Å²) in [4.78, 5) is 0. The second-order valence-electron chi connectivity index (χ2n) is 3.81. The molecule has 0 amide bonds. The second-order valence-corrected chi connectivity index (χ2v) is 8.83. The molecule has 0 atom stereocenters. The average Bonchev–Trinajstić information content (AvgIpc) is 1.84. The standard InChI is InChI=1S/C8H22NP/c1-6-7-8-10(4,5)9(2)3/h10H,6-8H2,1-5H3. The van der Waals surface area contributed by atoms with Crippen molar-refractivity contribution >= 4 is 7.41 Å². The summed E-state index contributed by atoms with van der Waals surface area (Å²) >= 11 is 0. The van der Waals surface area contributed by atoms with Crippen molar-refractivity contribution in [3.05, 3.63) is 0 Å². The van der Waals surface area contributed by atoms with Crippen molar-refractivity contribution < 1.29 is 0 Å². The van der Waals surface area contributed by atoms with Gasteiger partial charge in [-0.1, -0.05) is 0 Å². The molecule has 0 radical (unpaired) electrons. The maximum atomic E-state index is 2.43. The Labute approximate surface area is 66.2 Å². The Hall–Kier alpha value is 0.390. The Kier molecular flexibility index (Phi) is 4.47. The molecule has 0 rings (SSSR count). The Morgan fingerprint density at radius 3 is 2.00 bits per heavy atom. The first-order chi connectivity index (χ1) is 4.50. The van der Waals surface area contributed by atoms with Crippen LogP contribution in [-0.2, 0) is 0 Å². The molecule has 0 saturated carbocycles. The minimum atomic E-state index is -0.968. The predicted octanol–water partition coefficient (Wildman–Crippen LogP) is 2.27. The minimum absolute atomic E-state index is 0.968. The molecule has 2 heteroatoms. The topological polar surface area (TPSA) is 3.24 Å². The van der Waals surface area contributed by atoms with E-state index in [1.54, 1.807) is 0 Å². The third-order valence-electron chi connectivity index (χ3n) is 2.35. The van der Waals surface area contributed by atoms with E-state index in [9.17, 15) is 0 Å². The zero-order valence-corrected chi connectivity index (χ0v) is 9.07. The van der Waals surface area contributed by atoms with Crippen LogP contribution in [-0.4, -0.2) is 38.3 Å². The monoisotopic (exact) mass is 163 g/mol. The van der Waals surface area contributed by atoms with Gasteiger partial charge in [0, 0.05) is 0 Å². The first-order valence-electron chi connectivity index (χ1n) is 4.18. The van der Waals surface area contributed by atoms with E-state index in [1.165, 1.54) is 19.0 Å². The molecule has 0 aliphatic heterocycles. The van der Waals surface area contributed by atoms with Crippen molar-refractivity contribution in [2.24, 2.45) is 0 Å². The Balaban J connectivity index is 3.63. The molecule has 0 aromatic carbocycles. The van der Waals surface area contributed by atoms with Crippen LogP contribution in [0.4, 0.5) is 0 Å². The van der Waals surface area contributed by atoms with Crippen LogP contribution in [0.3, 0.4) is 0 Å². The molecule has 0 heterocycles. The molecule has 64 valence electrons. The van der Waals surface area contributed by atoms with Gasteiger partial charge in [-0.3, -0.25) is 0 Å². The summed E-state index contributed by atoms with van der Waals surface area (Å²) in [5.41, 5.74) is 0. The van der Waals surface area contributed by atoms with Crippen LogP contribution >= 0.6 is 7.41 Å². The van der Waals surface area contributed by atoms with E-state index < -0.39 is 7.41 Å². The Morgan fingerprint density at radius 2 is 1.70 bits per heavy atom. The number of hydrogen-bond donors (Lipinski definition) is 0. The molecule has 0 aliphatic rings. The van der Waals surface area contributed by atoms with Crippen LogP contribution in [0.15, 0.2) is 0 Å². The molecule has 0 aromatic rings. The van der Waals surface area contributed by atoms with Gasteiger partial charge in [0.1, 0.15) is 0 Å². The van der Waals surface area contributed by atoms with Crippen molar-refractivity contribution in [2.75, 3.05) is 33.6 Å². The molecule has 0 aromatic heterocycles. The van der Waals surface area contributed by atoms with E-state index in [-0.39, 0.29) is 0 Å². The van der Waals surface area contributed by atoms with Crippen LogP contribution in [0.2, 0.25) is 0 Å². The van der Waals surface area contributed by atoms with Gasteiger partial charge in [0.05, 0.1) is 0 Å². The fourth-order valence-corrected chi connectivity index (χ4v) is 2.50. The fraction of sp³-hybridized carbons (Fsp3) is 1.00. The van der Waals surface area contributed by atoms with Gasteiger partial charge in [-0.2, -0.15) is 0 Å². The van der Waals surface area contributed by atoms with Gasteiger partial charge >= 0.3 is 65.4 Å². The molecule has 0 saturated heterocycles. The summed E-state index contributed by atoms with van der Waals surface area (Å²) in [6, 6.07) is 0. The number of unbranched alkanes of at least 4 members (excludes halogenated alkanes) is 1. The summed E-state index contributed by atoms with van der Waals surface area (Å²) in [6.45, 7) is 7.13. The zero-order chi connectivity index (χ0) is 8.20. The summed E-state index contributed by atoms with van der Waals surface area (Å²) in [5, 5.41) is 0. The second kappa shape index (κ2) is 4.31.